The molecule has 106 valence electrons. The van der Waals surface area contributed by atoms with E-state index in [0.29, 0.717) is 34.8 Å². The summed E-state index contributed by atoms with van der Waals surface area (Å²) in [6.45, 7) is 2.34. The number of nitrogens with one attached hydrogen (secondary N) is 1. The van der Waals surface area contributed by atoms with Gasteiger partial charge in [-0.3, -0.25) is 4.79 Å². The van der Waals surface area contributed by atoms with Crippen molar-refractivity contribution in [2.45, 2.75) is 6.92 Å². The normalized spacial score (nSPS) is 10.7. The molecule has 2 heterocycles. The van der Waals surface area contributed by atoms with Gasteiger partial charge in [-0.1, -0.05) is 6.07 Å². The Morgan fingerprint density at radius 1 is 1.33 bits per heavy atom. The van der Waals surface area contributed by atoms with Crippen molar-refractivity contribution >= 4 is 22.5 Å². The lowest BCUT2D eigenvalue weighted by Crippen LogP contribution is -2.08. The van der Waals surface area contributed by atoms with E-state index >= 15 is 0 Å². The Morgan fingerprint density at radius 2 is 2.19 bits per heavy atom. The topological polar surface area (TPSA) is 81.0 Å². The molecule has 0 unspecified atom stereocenters. The molecule has 3 N–H and O–H groups in total. The fourth-order valence-electron chi connectivity index (χ4n) is 2.35. The van der Waals surface area contributed by atoms with Crippen molar-refractivity contribution in [3.05, 3.63) is 53.9 Å². The number of ether oxygens (including phenoxy) is 1. The first kappa shape index (κ1) is 13.2. The number of aromatic nitrogens is 2. The zero-order valence-corrected chi connectivity index (χ0v) is 11.6. The van der Waals surface area contributed by atoms with Crippen molar-refractivity contribution in [1.82, 2.24) is 9.97 Å². The van der Waals surface area contributed by atoms with Crippen LogP contribution in [-0.4, -0.2) is 22.4 Å². The number of carbonyl (C=O) groups excluding carboxylic acids is 1. The number of nitrogens with two attached hydrogens (primary N) is 1. The van der Waals surface area contributed by atoms with Crippen LogP contribution in [0.1, 0.15) is 22.8 Å². The van der Waals surface area contributed by atoms with Gasteiger partial charge >= 0.3 is 0 Å². The molecule has 3 aromatic rings. The number of carbonyl (C=O) groups is 1. The molecule has 2 aromatic heterocycles. The third-order valence-corrected chi connectivity index (χ3v) is 3.28. The Kier molecular flexibility index (Phi) is 3.31. The van der Waals surface area contributed by atoms with Crippen molar-refractivity contribution < 1.29 is 9.53 Å². The summed E-state index contributed by atoms with van der Waals surface area (Å²) in [5, 5.41) is 0.771. The van der Waals surface area contributed by atoms with E-state index in [1.165, 1.54) is 0 Å². The molecule has 5 nitrogen and oxygen atoms in total. The van der Waals surface area contributed by atoms with Crippen molar-refractivity contribution in [2.24, 2.45) is 0 Å². The molecular weight excluding hydrogens is 266 g/mol. The largest absolute Gasteiger partial charge is 0.493 e. The van der Waals surface area contributed by atoms with Crippen LogP contribution in [0.5, 0.6) is 5.75 Å². The van der Waals surface area contributed by atoms with Crippen LogP contribution in [0, 0.1) is 0 Å². The molecule has 3 rings (SSSR count). The van der Waals surface area contributed by atoms with Gasteiger partial charge < -0.3 is 15.5 Å². The van der Waals surface area contributed by atoms with Gasteiger partial charge in [0.15, 0.2) is 0 Å². The first-order valence-electron chi connectivity index (χ1n) is 6.70. The van der Waals surface area contributed by atoms with Crippen LogP contribution in [0.3, 0.4) is 0 Å². The van der Waals surface area contributed by atoms with Gasteiger partial charge in [-0.2, -0.15) is 0 Å². The number of fused-ring (bicyclic) bond motifs is 1. The Bertz CT molecular complexity index is 808. The number of pyridine rings is 1. The number of ketones is 1. The number of nitrogens with zero attached hydrogens (tertiary/aromatic N) is 1. The van der Waals surface area contributed by atoms with Crippen molar-refractivity contribution in [3.63, 3.8) is 0 Å². The van der Waals surface area contributed by atoms with Gasteiger partial charge in [0.1, 0.15) is 11.4 Å². The van der Waals surface area contributed by atoms with E-state index < -0.39 is 0 Å². The van der Waals surface area contributed by atoms with E-state index in [1.54, 1.807) is 36.7 Å². The first-order valence-corrected chi connectivity index (χ1v) is 6.70. The molecule has 0 fully saturated rings. The van der Waals surface area contributed by atoms with E-state index in [9.17, 15) is 4.79 Å². The predicted octanol–water partition coefficient (Wildman–Crippen LogP) is 2.77. The molecule has 1 aromatic carbocycles. The first-order chi connectivity index (χ1) is 10.2. The lowest BCUT2D eigenvalue weighted by atomic mass is 10.0. The highest BCUT2D eigenvalue weighted by atomic mass is 16.5. The van der Waals surface area contributed by atoms with E-state index in [4.69, 9.17) is 10.5 Å². The minimum absolute atomic E-state index is 0.171. The van der Waals surface area contributed by atoms with Crippen LogP contribution in [0.15, 0.2) is 42.7 Å². The van der Waals surface area contributed by atoms with Gasteiger partial charge in [-0.15, -0.1) is 0 Å². The molecular formula is C16H15N3O2. The van der Waals surface area contributed by atoms with Crippen molar-refractivity contribution in [3.8, 4) is 5.75 Å². The fraction of sp³-hybridized carbons (Fsp3) is 0.125. The minimum atomic E-state index is -0.171. The number of benzene rings is 1. The molecule has 21 heavy (non-hydrogen) atoms. The van der Waals surface area contributed by atoms with Gasteiger partial charge in [0.2, 0.25) is 5.78 Å². The van der Waals surface area contributed by atoms with Crippen molar-refractivity contribution in [1.29, 1.82) is 0 Å². The van der Waals surface area contributed by atoms with E-state index in [2.05, 4.69) is 9.97 Å². The van der Waals surface area contributed by atoms with Crippen molar-refractivity contribution in [2.75, 3.05) is 12.3 Å². The van der Waals surface area contributed by atoms with Gasteiger partial charge in [0, 0.05) is 29.0 Å². The monoisotopic (exact) mass is 281 g/mol. The third kappa shape index (κ3) is 2.23. The highest BCUT2D eigenvalue weighted by Crippen LogP contribution is 2.29. The van der Waals surface area contributed by atoms with Gasteiger partial charge in [0.05, 0.1) is 12.2 Å². The van der Waals surface area contributed by atoms with Gasteiger partial charge in [-0.25, -0.2) is 4.98 Å². The van der Waals surface area contributed by atoms with E-state index in [1.807, 2.05) is 13.0 Å². The van der Waals surface area contributed by atoms with E-state index in [-0.39, 0.29) is 5.78 Å². The van der Waals surface area contributed by atoms with Crippen LogP contribution in [0.25, 0.3) is 11.0 Å². The lowest BCUT2D eigenvalue weighted by molar-refractivity contribution is 0.103. The summed E-state index contributed by atoms with van der Waals surface area (Å²) < 4.78 is 5.52. The fourth-order valence-corrected chi connectivity index (χ4v) is 2.35. The average molecular weight is 281 g/mol. The standard InChI is InChI=1S/C16H15N3O2/c1-2-21-13-7-3-6-12(17)14(13)15(20)11-9-19-16-10(11)5-4-8-18-16/h3-9H,2,17H2,1H3,(H,18,19). The quantitative estimate of drug-likeness (QED) is 0.569. The minimum Gasteiger partial charge on any atom is -0.493 e. The van der Waals surface area contributed by atoms with Crippen LogP contribution >= 0.6 is 0 Å². The molecule has 0 bridgehead atoms. The highest BCUT2D eigenvalue weighted by Gasteiger charge is 2.20. The summed E-state index contributed by atoms with van der Waals surface area (Å²) in [5.41, 5.74) is 7.99. The third-order valence-electron chi connectivity index (χ3n) is 3.28. The zero-order valence-electron chi connectivity index (χ0n) is 11.6. The molecule has 0 saturated heterocycles. The Balaban J connectivity index is 2.14. The summed E-state index contributed by atoms with van der Waals surface area (Å²) in [5.74, 6) is 0.330. The second kappa shape index (κ2) is 5.28. The molecule has 0 spiro atoms. The summed E-state index contributed by atoms with van der Waals surface area (Å²) in [6.07, 6.45) is 3.33. The molecule has 0 saturated carbocycles. The number of nitrogen functional groups attached to an aromatic ring is 1. The SMILES string of the molecule is CCOc1cccc(N)c1C(=O)c1c[nH]c2ncccc12. The molecule has 0 atom stereocenters. The number of hydrogen-bond donors (Lipinski definition) is 2. The molecule has 0 aliphatic rings. The number of hydrogen-bond acceptors (Lipinski definition) is 4. The Labute approximate surface area is 121 Å². The van der Waals surface area contributed by atoms with E-state index in [0.717, 1.165) is 5.39 Å². The summed E-state index contributed by atoms with van der Waals surface area (Å²) in [4.78, 5) is 20.0. The summed E-state index contributed by atoms with van der Waals surface area (Å²) >= 11 is 0. The molecule has 0 radical (unpaired) electrons. The second-order valence-electron chi connectivity index (χ2n) is 4.58. The molecule has 0 aliphatic heterocycles. The van der Waals surface area contributed by atoms with Gasteiger partial charge in [-0.05, 0) is 31.2 Å². The maximum absolute atomic E-state index is 12.8. The summed E-state index contributed by atoms with van der Waals surface area (Å²) in [7, 11) is 0. The number of aromatic amines is 1. The maximum atomic E-state index is 12.8. The Morgan fingerprint density at radius 3 is 3.00 bits per heavy atom. The molecule has 0 amide bonds. The van der Waals surface area contributed by atoms with Crippen LogP contribution in [-0.2, 0) is 0 Å². The smallest absolute Gasteiger partial charge is 0.201 e. The Hall–Kier alpha value is -2.82. The number of rotatable bonds is 4. The van der Waals surface area contributed by atoms with Crippen LogP contribution in [0.4, 0.5) is 5.69 Å². The number of anilines is 1. The summed E-state index contributed by atoms with van der Waals surface area (Å²) in [6, 6.07) is 8.87. The maximum Gasteiger partial charge on any atom is 0.201 e. The molecule has 0 aliphatic carbocycles. The molecule has 5 heteroatoms. The second-order valence-corrected chi connectivity index (χ2v) is 4.58. The zero-order chi connectivity index (χ0) is 14.8. The van der Waals surface area contributed by atoms with Gasteiger partial charge in [0.25, 0.3) is 0 Å². The van der Waals surface area contributed by atoms with Crippen LogP contribution in [0.2, 0.25) is 0 Å². The number of H-pyrrole nitrogens is 1. The highest BCUT2D eigenvalue weighted by molar-refractivity contribution is 6.19. The predicted molar refractivity (Wildman–Crippen MR) is 81.5 cm³/mol. The average Bonchev–Trinajstić information content (AvgIpc) is 2.91. The lowest BCUT2D eigenvalue weighted by Gasteiger charge is -2.11. The van der Waals surface area contributed by atoms with Crippen LogP contribution < -0.4 is 10.5 Å².